The number of ether oxygens (including phenoxy) is 3. The van der Waals surface area contributed by atoms with Crippen molar-refractivity contribution in [2.75, 3.05) is 26.9 Å². The average Bonchev–Trinajstić information content (AvgIpc) is 2.12. The van der Waals surface area contributed by atoms with Gasteiger partial charge in [0.2, 0.25) is 0 Å². The van der Waals surface area contributed by atoms with Crippen LogP contribution in [0.4, 0.5) is 0 Å². The Kier molecular flexibility index (Phi) is 7.01. The smallest absolute Gasteiger partial charge is 0.336 e. The fraction of sp³-hybridized carbons (Fsp3) is 0.667. The fourth-order valence-electron chi connectivity index (χ4n) is 0.608. The Morgan fingerprint density at radius 1 is 1.38 bits per heavy atom. The first-order chi connectivity index (χ1) is 6.22. The van der Waals surface area contributed by atoms with E-state index in [0.717, 1.165) is 0 Å². The summed E-state index contributed by atoms with van der Waals surface area (Å²) in [6.45, 7) is 4.73. The number of carbonyl (C=O) groups excluding carboxylic acids is 1. The number of esters is 1. The van der Waals surface area contributed by atoms with Gasteiger partial charge in [0.15, 0.2) is 0 Å². The third kappa shape index (κ3) is 6.16. The summed E-state index contributed by atoms with van der Waals surface area (Å²) in [5.74, 6) is -0.347. The summed E-state index contributed by atoms with van der Waals surface area (Å²) in [4.78, 5) is 11.0. The van der Waals surface area contributed by atoms with E-state index in [1.165, 1.54) is 6.26 Å². The van der Waals surface area contributed by atoms with E-state index in [1.54, 1.807) is 21.0 Å². The number of methoxy groups -OCH3 is 1. The van der Waals surface area contributed by atoms with Crippen LogP contribution in [0.3, 0.4) is 0 Å². The number of rotatable bonds is 6. The van der Waals surface area contributed by atoms with Crippen molar-refractivity contribution in [2.45, 2.75) is 13.8 Å². The minimum atomic E-state index is -0.347. The van der Waals surface area contributed by atoms with Gasteiger partial charge in [0.05, 0.1) is 25.0 Å². The lowest BCUT2D eigenvalue weighted by atomic mass is 10.3. The van der Waals surface area contributed by atoms with E-state index < -0.39 is 0 Å². The lowest BCUT2D eigenvalue weighted by Crippen LogP contribution is -2.06. The first-order valence-electron chi connectivity index (χ1n) is 4.16. The first kappa shape index (κ1) is 12.0. The molecule has 13 heavy (non-hydrogen) atoms. The van der Waals surface area contributed by atoms with Crippen molar-refractivity contribution in [3.8, 4) is 0 Å². The summed E-state index contributed by atoms with van der Waals surface area (Å²) in [7, 11) is 1.59. The van der Waals surface area contributed by atoms with Crippen LogP contribution >= 0.6 is 0 Å². The number of hydrogen-bond donors (Lipinski definition) is 0. The topological polar surface area (TPSA) is 44.8 Å². The van der Waals surface area contributed by atoms with E-state index in [0.29, 0.717) is 25.4 Å². The molecule has 76 valence electrons. The highest BCUT2D eigenvalue weighted by molar-refractivity contribution is 5.87. The molecule has 0 amide bonds. The summed E-state index contributed by atoms with van der Waals surface area (Å²) in [6.07, 6.45) is 1.39. The van der Waals surface area contributed by atoms with Gasteiger partial charge in [-0.3, -0.25) is 0 Å². The van der Waals surface area contributed by atoms with Gasteiger partial charge in [-0.15, -0.1) is 0 Å². The average molecular weight is 188 g/mol. The molecule has 0 radical (unpaired) electrons. The third-order valence-electron chi connectivity index (χ3n) is 1.26. The van der Waals surface area contributed by atoms with E-state index in [4.69, 9.17) is 14.2 Å². The molecule has 0 saturated carbocycles. The highest BCUT2D eigenvalue weighted by Crippen LogP contribution is 1.96. The SMILES string of the molecule is CCOC(=O)/C(C)=C/OCCOC. The minimum Gasteiger partial charge on any atom is -0.498 e. The molecule has 0 spiro atoms. The van der Waals surface area contributed by atoms with Crippen molar-refractivity contribution >= 4 is 5.97 Å². The highest BCUT2D eigenvalue weighted by Gasteiger charge is 2.03. The summed E-state index contributed by atoms with van der Waals surface area (Å²) in [5, 5.41) is 0. The molecule has 0 N–H and O–H groups in total. The zero-order valence-corrected chi connectivity index (χ0v) is 8.33. The van der Waals surface area contributed by atoms with Gasteiger partial charge in [-0.25, -0.2) is 4.79 Å². The molecule has 0 aliphatic rings. The molecule has 0 aliphatic heterocycles. The molecule has 0 unspecified atom stereocenters. The normalized spacial score (nSPS) is 11.2. The second kappa shape index (κ2) is 7.61. The highest BCUT2D eigenvalue weighted by atomic mass is 16.5. The van der Waals surface area contributed by atoms with Crippen LogP contribution in [0.5, 0.6) is 0 Å². The zero-order chi connectivity index (χ0) is 10.1. The van der Waals surface area contributed by atoms with Gasteiger partial charge in [0, 0.05) is 7.11 Å². The van der Waals surface area contributed by atoms with Crippen molar-refractivity contribution in [1.82, 2.24) is 0 Å². The van der Waals surface area contributed by atoms with Gasteiger partial charge in [-0.05, 0) is 13.8 Å². The second-order valence-corrected chi connectivity index (χ2v) is 2.38. The third-order valence-corrected chi connectivity index (χ3v) is 1.26. The predicted molar refractivity (Wildman–Crippen MR) is 48.2 cm³/mol. The Morgan fingerprint density at radius 2 is 2.08 bits per heavy atom. The monoisotopic (exact) mass is 188 g/mol. The first-order valence-corrected chi connectivity index (χ1v) is 4.16. The Labute approximate surface area is 78.5 Å². The molecule has 0 aromatic carbocycles. The molecule has 0 atom stereocenters. The van der Waals surface area contributed by atoms with Gasteiger partial charge in [-0.2, -0.15) is 0 Å². The number of carbonyl (C=O) groups is 1. The van der Waals surface area contributed by atoms with Gasteiger partial charge in [-0.1, -0.05) is 0 Å². The standard InChI is InChI=1S/C9H16O4/c1-4-13-9(10)8(2)7-12-6-5-11-3/h7H,4-6H2,1-3H3/b8-7+. The van der Waals surface area contributed by atoms with Crippen LogP contribution in [0.2, 0.25) is 0 Å². The Morgan fingerprint density at radius 3 is 2.62 bits per heavy atom. The lowest BCUT2D eigenvalue weighted by Gasteiger charge is -2.02. The summed E-state index contributed by atoms with van der Waals surface area (Å²) in [6, 6.07) is 0. The van der Waals surface area contributed by atoms with Crippen LogP contribution < -0.4 is 0 Å². The van der Waals surface area contributed by atoms with Crippen molar-refractivity contribution < 1.29 is 19.0 Å². The van der Waals surface area contributed by atoms with Crippen molar-refractivity contribution in [2.24, 2.45) is 0 Å². The molecule has 0 aromatic rings. The van der Waals surface area contributed by atoms with E-state index in [2.05, 4.69) is 0 Å². The fourth-order valence-corrected chi connectivity index (χ4v) is 0.608. The van der Waals surface area contributed by atoms with Gasteiger partial charge >= 0.3 is 5.97 Å². The Hall–Kier alpha value is -1.03. The van der Waals surface area contributed by atoms with Crippen LogP contribution in [-0.4, -0.2) is 32.9 Å². The van der Waals surface area contributed by atoms with Crippen molar-refractivity contribution in [3.05, 3.63) is 11.8 Å². The predicted octanol–water partition coefficient (Wildman–Crippen LogP) is 1.12. The van der Waals surface area contributed by atoms with Crippen molar-refractivity contribution in [3.63, 3.8) is 0 Å². The number of hydrogen-bond acceptors (Lipinski definition) is 4. The van der Waals surface area contributed by atoms with E-state index in [1.807, 2.05) is 0 Å². The maximum absolute atomic E-state index is 11.0. The molecule has 0 aromatic heterocycles. The van der Waals surface area contributed by atoms with Crippen LogP contribution in [0.1, 0.15) is 13.8 Å². The molecule has 0 fully saturated rings. The molecule has 0 saturated heterocycles. The van der Waals surface area contributed by atoms with E-state index in [9.17, 15) is 4.79 Å². The van der Waals surface area contributed by atoms with Gasteiger partial charge in [0.1, 0.15) is 6.61 Å². The zero-order valence-electron chi connectivity index (χ0n) is 8.33. The lowest BCUT2D eigenvalue weighted by molar-refractivity contribution is -0.138. The molecule has 0 bridgehead atoms. The van der Waals surface area contributed by atoms with Gasteiger partial charge < -0.3 is 14.2 Å². The van der Waals surface area contributed by atoms with Crippen LogP contribution in [0.15, 0.2) is 11.8 Å². The quantitative estimate of drug-likeness (QED) is 0.271. The van der Waals surface area contributed by atoms with Crippen LogP contribution in [0.25, 0.3) is 0 Å². The largest absolute Gasteiger partial charge is 0.498 e. The van der Waals surface area contributed by atoms with E-state index >= 15 is 0 Å². The summed E-state index contributed by atoms with van der Waals surface area (Å²) in [5.41, 5.74) is 0.456. The van der Waals surface area contributed by atoms with E-state index in [-0.39, 0.29) is 5.97 Å². The molecule has 0 heterocycles. The summed E-state index contributed by atoms with van der Waals surface area (Å²) >= 11 is 0. The second-order valence-electron chi connectivity index (χ2n) is 2.38. The molecule has 0 aliphatic carbocycles. The molecular formula is C9H16O4. The minimum absolute atomic E-state index is 0.347. The van der Waals surface area contributed by atoms with Crippen LogP contribution in [0, 0.1) is 0 Å². The molecule has 0 rings (SSSR count). The van der Waals surface area contributed by atoms with Gasteiger partial charge in [0.25, 0.3) is 0 Å². The molecule has 4 heteroatoms. The summed E-state index contributed by atoms with van der Waals surface area (Å²) < 4.78 is 14.5. The van der Waals surface area contributed by atoms with Crippen LogP contribution in [-0.2, 0) is 19.0 Å². The maximum atomic E-state index is 11.0. The maximum Gasteiger partial charge on any atom is 0.336 e. The van der Waals surface area contributed by atoms with Crippen molar-refractivity contribution in [1.29, 1.82) is 0 Å². The Bertz CT molecular complexity index is 174. The Balaban J connectivity index is 3.67. The molecule has 4 nitrogen and oxygen atoms in total. The molecular weight excluding hydrogens is 172 g/mol.